The number of hydrogen-bond donors (Lipinski definition) is 2. The molecule has 0 unspecified atom stereocenters. The lowest BCUT2D eigenvalue weighted by atomic mass is 10.1. The van der Waals surface area contributed by atoms with Crippen LogP contribution in [0.2, 0.25) is 5.02 Å². The molecule has 0 saturated carbocycles. The Hall–Kier alpha value is -2.40. The van der Waals surface area contributed by atoms with Gasteiger partial charge in [-0.05, 0) is 24.0 Å². The number of hydrogen-bond acceptors (Lipinski definition) is 4. The van der Waals surface area contributed by atoms with E-state index >= 15 is 0 Å². The van der Waals surface area contributed by atoms with Gasteiger partial charge >= 0.3 is 0 Å². The second-order valence-electron chi connectivity index (χ2n) is 5.38. The zero-order valence-electron chi connectivity index (χ0n) is 13.6. The molecule has 0 spiro atoms. The van der Waals surface area contributed by atoms with E-state index < -0.39 is 5.56 Å². The summed E-state index contributed by atoms with van der Waals surface area (Å²) in [5, 5.41) is 10.2. The van der Waals surface area contributed by atoms with E-state index in [0.717, 1.165) is 24.0 Å². The molecular weight excluding hydrogens is 324 g/mol. The minimum Gasteiger partial charge on any atom is -0.275 e. The second kappa shape index (κ2) is 9.67. The summed E-state index contributed by atoms with van der Waals surface area (Å²) in [6.07, 6.45) is 9.69. The molecule has 0 saturated heterocycles. The highest BCUT2D eigenvalue weighted by atomic mass is 35.5. The fraction of sp³-hybridized carbons (Fsp3) is 0.278. The summed E-state index contributed by atoms with van der Waals surface area (Å²) in [4.78, 5) is 11.4. The van der Waals surface area contributed by atoms with Crippen molar-refractivity contribution < 1.29 is 0 Å². The first-order valence-corrected chi connectivity index (χ1v) is 8.36. The van der Waals surface area contributed by atoms with Crippen molar-refractivity contribution in [1.82, 2.24) is 10.2 Å². The van der Waals surface area contributed by atoms with Crippen LogP contribution in [0.3, 0.4) is 0 Å². The fourth-order valence-electron chi connectivity index (χ4n) is 2.16. The van der Waals surface area contributed by atoms with Crippen molar-refractivity contribution in [3.8, 4) is 0 Å². The largest absolute Gasteiger partial charge is 0.285 e. The molecular formula is C18H21ClN4O. The number of unbranched alkanes of at least 4 members (excludes halogenated alkanes) is 2. The van der Waals surface area contributed by atoms with Crippen LogP contribution in [0.1, 0.15) is 38.2 Å². The predicted molar refractivity (Wildman–Crippen MR) is 101 cm³/mol. The lowest BCUT2D eigenvalue weighted by Crippen LogP contribution is -2.10. The highest BCUT2D eigenvalue weighted by molar-refractivity contribution is 6.32. The Morgan fingerprint density at radius 2 is 2.12 bits per heavy atom. The zero-order chi connectivity index (χ0) is 17.2. The molecule has 6 heteroatoms. The third kappa shape index (κ3) is 5.66. The minimum atomic E-state index is -0.445. The summed E-state index contributed by atoms with van der Waals surface area (Å²) in [5.41, 5.74) is 4.95. The van der Waals surface area contributed by atoms with Crippen LogP contribution in [-0.2, 0) is 0 Å². The van der Waals surface area contributed by atoms with Crippen LogP contribution < -0.4 is 11.0 Å². The van der Waals surface area contributed by atoms with Gasteiger partial charge in [0.2, 0.25) is 0 Å². The molecule has 2 aromatic rings. The first-order chi connectivity index (χ1) is 11.7. The van der Waals surface area contributed by atoms with Crippen molar-refractivity contribution in [1.29, 1.82) is 0 Å². The van der Waals surface area contributed by atoms with E-state index in [4.69, 9.17) is 11.6 Å². The van der Waals surface area contributed by atoms with Gasteiger partial charge in [0, 0.05) is 0 Å². The molecule has 1 aromatic heterocycles. The Bertz CT molecular complexity index is 753. The fourth-order valence-corrected chi connectivity index (χ4v) is 2.30. The van der Waals surface area contributed by atoms with E-state index in [9.17, 15) is 4.79 Å². The van der Waals surface area contributed by atoms with Gasteiger partial charge in [0.25, 0.3) is 5.56 Å². The van der Waals surface area contributed by atoms with Crippen LogP contribution in [0, 0.1) is 0 Å². The predicted octanol–water partition coefficient (Wildman–Crippen LogP) is 4.48. The molecule has 1 heterocycles. The molecule has 1 aromatic carbocycles. The Morgan fingerprint density at radius 3 is 2.88 bits per heavy atom. The standard InChI is InChI=1S/C18H21ClN4O/c1-2-3-5-10-15(11-14-8-6-4-7-9-14)12-20-22-16-13-21-23-18(24)17(16)19/h4,6-9,11-13H,2-3,5,10H2,1H3,(H2,22,23,24)/b15-11+,20-12-. The average Bonchev–Trinajstić information content (AvgIpc) is 2.59. The van der Waals surface area contributed by atoms with E-state index in [2.05, 4.69) is 45.9 Å². The highest BCUT2D eigenvalue weighted by Crippen LogP contribution is 2.15. The van der Waals surface area contributed by atoms with Crippen molar-refractivity contribution >= 4 is 29.6 Å². The van der Waals surface area contributed by atoms with Gasteiger partial charge in [0.15, 0.2) is 0 Å². The molecule has 2 N–H and O–H groups in total. The number of hydrazone groups is 1. The molecule has 0 bridgehead atoms. The third-order valence-corrected chi connectivity index (χ3v) is 3.81. The maximum absolute atomic E-state index is 11.4. The van der Waals surface area contributed by atoms with Crippen LogP contribution in [0.5, 0.6) is 0 Å². The quantitative estimate of drug-likeness (QED) is 0.421. The number of halogens is 1. The molecule has 0 aliphatic rings. The van der Waals surface area contributed by atoms with Crippen molar-refractivity contribution in [3.05, 3.63) is 63.0 Å². The molecule has 2 rings (SSSR count). The number of aromatic nitrogens is 2. The number of allylic oxidation sites excluding steroid dienone is 1. The van der Waals surface area contributed by atoms with Gasteiger partial charge in [-0.25, -0.2) is 5.10 Å². The Morgan fingerprint density at radius 1 is 1.33 bits per heavy atom. The van der Waals surface area contributed by atoms with Gasteiger partial charge in [0.1, 0.15) is 10.7 Å². The molecule has 0 amide bonds. The monoisotopic (exact) mass is 344 g/mol. The Balaban J connectivity index is 2.10. The topological polar surface area (TPSA) is 70.1 Å². The summed E-state index contributed by atoms with van der Waals surface area (Å²) in [6.45, 7) is 2.18. The van der Waals surface area contributed by atoms with Gasteiger partial charge < -0.3 is 0 Å². The molecule has 0 aliphatic carbocycles. The van der Waals surface area contributed by atoms with Gasteiger partial charge in [-0.2, -0.15) is 10.2 Å². The SMILES string of the molecule is CCCCCC(/C=N\Nc1cn[nH]c(=O)c1Cl)=C\c1ccccc1. The Labute approximate surface area is 146 Å². The van der Waals surface area contributed by atoms with Crippen LogP contribution in [0.4, 0.5) is 5.69 Å². The molecule has 0 fully saturated rings. The highest BCUT2D eigenvalue weighted by Gasteiger charge is 2.03. The van der Waals surface area contributed by atoms with E-state index in [1.165, 1.54) is 19.0 Å². The number of nitrogens with zero attached hydrogens (tertiary/aromatic N) is 2. The van der Waals surface area contributed by atoms with Gasteiger partial charge in [-0.3, -0.25) is 10.2 Å². The van der Waals surface area contributed by atoms with Crippen LogP contribution in [-0.4, -0.2) is 16.4 Å². The second-order valence-corrected chi connectivity index (χ2v) is 5.76. The molecule has 5 nitrogen and oxygen atoms in total. The number of aromatic amines is 1. The van der Waals surface area contributed by atoms with Crippen molar-refractivity contribution in [2.45, 2.75) is 32.6 Å². The van der Waals surface area contributed by atoms with E-state index in [0.29, 0.717) is 5.69 Å². The third-order valence-electron chi connectivity index (χ3n) is 3.43. The summed E-state index contributed by atoms with van der Waals surface area (Å²) >= 11 is 5.91. The van der Waals surface area contributed by atoms with E-state index in [-0.39, 0.29) is 5.02 Å². The normalized spacial score (nSPS) is 11.8. The van der Waals surface area contributed by atoms with Crippen molar-refractivity contribution in [2.24, 2.45) is 5.10 Å². The summed E-state index contributed by atoms with van der Waals surface area (Å²) in [5.74, 6) is 0. The summed E-state index contributed by atoms with van der Waals surface area (Å²) < 4.78 is 0. The molecule has 0 aliphatic heterocycles. The van der Waals surface area contributed by atoms with Crippen LogP contribution >= 0.6 is 11.6 Å². The van der Waals surface area contributed by atoms with Crippen LogP contribution in [0.25, 0.3) is 6.08 Å². The smallest absolute Gasteiger partial charge is 0.275 e. The summed E-state index contributed by atoms with van der Waals surface area (Å²) in [7, 11) is 0. The first kappa shape index (κ1) is 17.9. The lowest BCUT2D eigenvalue weighted by molar-refractivity contribution is 0.724. The van der Waals surface area contributed by atoms with Crippen LogP contribution in [0.15, 0.2) is 52.0 Å². The van der Waals surface area contributed by atoms with Gasteiger partial charge in [0.05, 0.1) is 12.4 Å². The number of benzene rings is 1. The zero-order valence-corrected chi connectivity index (χ0v) is 14.4. The van der Waals surface area contributed by atoms with E-state index in [1.54, 1.807) is 6.21 Å². The number of H-pyrrole nitrogens is 1. The number of rotatable bonds is 8. The van der Waals surface area contributed by atoms with Gasteiger partial charge in [-0.1, -0.05) is 67.8 Å². The molecule has 0 atom stereocenters. The minimum absolute atomic E-state index is 0.0433. The van der Waals surface area contributed by atoms with Crippen molar-refractivity contribution in [3.63, 3.8) is 0 Å². The number of nitrogens with one attached hydrogen (secondary N) is 2. The van der Waals surface area contributed by atoms with Gasteiger partial charge in [-0.15, -0.1) is 0 Å². The lowest BCUT2D eigenvalue weighted by Gasteiger charge is -2.04. The molecule has 24 heavy (non-hydrogen) atoms. The molecule has 126 valence electrons. The van der Waals surface area contributed by atoms with E-state index in [1.807, 2.05) is 18.2 Å². The number of anilines is 1. The molecule has 0 radical (unpaired) electrons. The maximum atomic E-state index is 11.4. The average molecular weight is 345 g/mol. The first-order valence-electron chi connectivity index (χ1n) is 7.98. The maximum Gasteiger partial charge on any atom is 0.285 e. The summed E-state index contributed by atoms with van der Waals surface area (Å²) in [6, 6.07) is 10.1. The van der Waals surface area contributed by atoms with Crippen molar-refractivity contribution in [2.75, 3.05) is 5.43 Å². The Kier molecular flexibility index (Phi) is 7.23.